The summed E-state index contributed by atoms with van der Waals surface area (Å²) in [6.07, 6.45) is 0. The van der Waals surface area contributed by atoms with Crippen molar-refractivity contribution in [2.75, 3.05) is 12.3 Å². The lowest BCUT2D eigenvalue weighted by Crippen LogP contribution is -2.01. The van der Waals surface area contributed by atoms with Gasteiger partial charge in [0.15, 0.2) is 0 Å². The van der Waals surface area contributed by atoms with Gasteiger partial charge < -0.3 is 9.84 Å². The summed E-state index contributed by atoms with van der Waals surface area (Å²) >= 11 is 12.7. The van der Waals surface area contributed by atoms with Crippen LogP contribution in [0.1, 0.15) is 10.4 Å². The Kier molecular flexibility index (Phi) is 4.57. The lowest BCUT2D eigenvalue weighted by Gasteiger charge is -2.11. The van der Waals surface area contributed by atoms with Gasteiger partial charge in [-0.05, 0) is 12.1 Å². The van der Waals surface area contributed by atoms with Gasteiger partial charge in [0, 0.05) is 0 Å². The van der Waals surface area contributed by atoms with E-state index < -0.39 is 5.97 Å². The van der Waals surface area contributed by atoms with E-state index in [1.165, 1.54) is 31.0 Å². The second-order valence-corrected chi connectivity index (χ2v) is 4.49. The highest BCUT2D eigenvalue weighted by molar-refractivity contribution is 8.00. The maximum absolute atomic E-state index is 10.9. The molecule has 0 aromatic heterocycles. The minimum absolute atomic E-state index is 0.0783. The van der Waals surface area contributed by atoms with Gasteiger partial charge in [-0.15, -0.1) is 23.4 Å². The molecule has 0 saturated carbocycles. The zero-order valence-corrected chi connectivity index (χ0v) is 10.1. The van der Waals surface area contributed by atoms with Crippen molar-refractivity contribution in [3.05, 3.63) is 22.7 Å². The zero-order valence-electron chi connectivity index (χ0n) is 7.79. The summed E-state index contributed by atoms with van der Waals surface area (Å²) in [4.78, 5) is 11.4. The predicted molar refractivity (Wildman–Crippen MR) is 61.5 cm³/mol. The number of hydrogen-bond acceptors (Lipinski definition) is 3. The average Bonchev–Trinajstić information content (AvgIpc) is 2.20. The number of ether oxygens (including phenoxy) is 1. The van der Waals surface area contributed by atoms with Crippen LogP contribution in [0.2, 0.25) is 5.02 Å². The van der Waals surface area contributed by atoms with E-state index >= 15 is 0 Å². The standard InChI is InChI=1S/C9H8Cl2O3S/c1-14-7-5(9(12)13)2-3-6(11)8(7)15-4-10/h2-3H,4H2,1H3,(H,12,13). The Morgan fingerprint density at radius 2 is 2.27 bits per heavy atom. The molecule has 0 bridgehead atoms. The molecule has 1 rings (SSSR count). The number of carboxylic acids is 1. The van der Waals surface area contributed by atoms with Crippen LogP contribution in [0.15, 0.2) is 17.0 Å². The van der Waals surface area contributed by atoms with Crippen LogP contribution in [0.5, 0.6) is 5.75 Å². The van der Waals surface area contributed by atoms with Crippen LogP contribution < -0.4 is 4.74 Å². The quantitative estimate of drug-likeness (QED) is 0.671. The van der Waals surface area contributed by atoms with Gasteiger partial charge in [0.1, 0.15) is 11.3 Å². The molecular formula is C9H8Cl2O3S. The van der Waals surface area contributed by atoms with Gasteiger partial charge >= 0.3 is 5.97 Å². The van der Waals surface area contributed by atoms with Crippen molar-refractivity contribution < 1.29 is 14.6 Å². The molecule has 0 aliphatic heterocycles. The minimum Gasteiger partial charge on any atom is -0.495 e. The Morgan fingerprint density at radius 1 is 1.60 bits per heavy atom. The molecule has 82 valence electrons. The van der Waals surface area contributed by atoms with Crippen molar-refractivity contribution in [3.63, 3.8) is 0 Å². The third-order valence-electron chi connectivity index (χ3n) is 1.70. The maximum Gasteiger partial charge on any atom is 0.339 e. The highest BCUT2D eigenvalue weighted by Crippen LogP contribution is 2.38. The topological polar surface area (TPSA) is 46.5 Å². The first kappa shape index (κ1) is 12.5. The molecule has 6 heteroatoms. The molecule has 0 saturated heterocycles. The van der Waals surface area contributed by atoms with E-state index in [4.69, 9.17) is 33.0 Å². The fourth-order valence-electron chi connectivity index (χ4n) is 1.10. The SMILES string of the molecule is COc1c(C(=O)O)ccc(Cl)c1SCCl. The first-order valence-corrected chi connectivity index (χ1v) is 5.80. The Morgan fingerprint density at radius 3 is 2.73 bits per heavy atom. The number of halogens is 2. The molecule has 1 N–H and O–H groups in total. The number of thioether (sulfide) groups is 1. The van der Waals surface area contributed by atoms with Crippen LogP contribution in [0.3, 0.4) is 0 Å². The van der Waals surface area contributed by atoms with E-state index in [9.17, 15) is 4.79 Å². The monoisotopic (exact) mass is 266 g/mol. The maximum atomic E-state index is 10.9. The van der Waals surface area contributed by atoms with E-state index in [1.54, 1.807) is 0 Å². The summed E-state index contributed by atoms with van der Waals surface area (Å²) in [5, 5.41) is 9.62. The molecule has 0 radical (unpaired) electrons. The lowest BCUT2D eigenvalue weighted by molar-refractivity contribution is 0.0693. The third kappa shape index (κ3) is 2.71. The molecule has 1 aromatic rings. The summed E-state index contributed by atoms with van der Waals surface area (Å²) in [5.74, 6) is -0.805. The van der Waals surface area contributed by atoms with Crippen LogP contribution in [-0.2, 0) is 0 Å². The van der Waals surface area contributed by atoms with E-state index in [-0.39, 0.29) is 16.5 Å². The first-order valence-electron chi connectivity index (χ1n) is 3.90. The van der Waals surface area contributed by atoms with E-state index in [1.807, 2.05) is 0 Å². The molecule has 3 nitrogen and oxygen atoms in total. The van der Waals surface area contributed by atoms with Crippen LogP contribution >= 0.6 is 35.0 Å². The smallest absolute Gasteiger partial charge is 0.339 e. The van der Waals surface area contributed by atoms with Gasteiger partial charge in [0.2, 0.25) is 0 Å². The van der Waals surface area contributed by atoms with Crippen LogP contribution in [-0.4, -0.2) is 23.4 Å². The summed E-state index contributed by atoms with van der Waals surface area (Å²) in [6, 6.07) is 2.92. The van der Waals surface area contributed by atoms with Crippen molar-refractivity contribution in [3.8, 4) is 5.75 Å². The Bertz CT molecular complexity index is 382. The molecule has 0 fully saturated rings. The number of carboxylic acid groups (broad SMARTS) is 1. The van der Waals surface area contributed by atoms with Gasteiger partial charge in [-0.3, -0.25) is 0 Å². The van der Waals surface area contributed by atoms with Crippen LogP contribution in [0.4, 0.5) is 0 Å². The largest absolute Gasteiger partial charge is 0.495 e. The number of alkyl halides is 1. The minimum atomic E-state index is -1.06. The normalized spacial score (nSPS) is 10.1. The fraction of sp³-hybridized carbons (Fsp3) is 0.222. The number of benzene rings is 1. The van der Waals surface area contributed by atoms with Crippen molar-refractivity contribution in [1.29, 1.82) is 0 Å². The molecule has 0 heterocycles. The Labute approximate surface area is 101 Å². The van der Waals surface area contributed by atoms with E-state index in [2.05, 4.69) is 0 Å². The van der Waals surface area contributed by atoms with Gasteiger partial charge in [0.25, 0.3) is 0 Å². The Balaban J connectivity index is 3.33. The number of rotatable bonds is 4. The van der Waals surface area contributed by atoms with Crippen molar-refractivity contribution in [2.24, 2.45) is 0 Å². The van der Waals surface area contributed by atoms with E-state index in [0.717, 1.165) is 0 Å². The molecular weight excluding hydrogens is 259 g/mol. The summed E-state index contributed by atoms with van der Waals surface area (Å²) in [7, 11) is 1.40. The number of carbonyl (C=O) groups is 1. The summed E-state index contributed by atoms with van der Waals surface area (Å²) in [5.41, 5.74) is 0.0783. The van der Waals surface area contributed by atoms with Crippen LogP contribution in [0.25, 0.3) is 0 Å². The van der Waals surface area contributed by atoms with Gasteiger partial charge in [-0.25, -0.2) is 4.79 Å². The van der Waals surface area contributed by atoms with Crippen LogP contribution in [0, 0.1) is 0 Å². The molecule has 0 spiro atoms. The number of methoxy groups -OCH3 is 1. The second-order valence-electron chi connectivity index (χ2n) is 2.52. The van der Waals surface area contributed by atoms with Gasteiger partial charge in [0.05, 0.1) is 22.2 Å². The predicted octanol–water partition coefficient (Wildman–Crippen LogP) is 3.34. The molecule has 1 aromatic carbocycles. The molecule has 0 atom stereocenters. The Hall–Kier alpha value is -0.580. The highest BCUT2D eigenvalue weighted by Gasteiger charge is 2.17. The van der Waals surface area contributed by atoms with Crippen molar-refractivity contribution in [2.45, 2.75) is 4.90 Å². The first-order chi connectivity index (χ1) is 7.11. The van der Waals surface area contributed by atoms with E-state index in [0.29, 0.717) is 9.92 Å². The fourth-order valence-corrected chi connectivity index (χ4v) is 2.38. The molecule has 0 unspecified atom stereocenters. The van der Waals surface area contributed by atoms with Gasteiger partial charge in [-0.1, -0.05) is 11.6 Å². The van der Waals surface area contributed by atoms with Gasteiger partial charge in [-0.2, -0.15) is 0 Å². The lowest BCUT2D eigenvalue weighted by atomic mass is 10.2. The number of hydrogen-bond donors (Lipinski definition) is 1. The zero-order chi connectivity index (χ0) is 11.4. The molecule has 0 aliphatic rings. The summed E-state index contributed by atoms with van der Waals surface area (Å²) < 4.78 is 5.03. The molecule has 0 aliphatic carbocycles. The third-order valence-corrected chi connectivity index (χ3v) is 3.25. The molecule has 0 amide bonds. The number of aromatic carboxylic acids is 1. The second kappa shape index (κ2) is 5.49. The van der Waals surface area contributed by atoms with Crippen molar-refractivity contribution >= 4 is 40.9 Å². The van der Waals surface area contributed by atoms with Crippen molar-refractivity contribution in [1.82, 2.24) is 0 Å². The summed E-state index contributed by atoms with van der Waals surface area (Å²) in [6.45, 7) is 0. The molecule has 15 heavy (non-hydrogen) atoms. The average molecular weight is 267 g/mol. The highest BCUT2D eigenvalue weighted by atomic mass is 35.5.